The third kappa shape index (κ3) is 4.68. The van der Waals surface area contributed by atoms with Crippen LogP contribution in [0.3, 0.4) is 0 Å². The molecule has 2 saturated heterocycles. The van der Waals surface area contributed by atoms with Crippen molar-refractivity contribution in [1.29, 1.82) is 0 Å². The summed E-state index contributed by atoms with van der Waals surface area (Å²) in [5.41, 5.74) is 1.78. The molecule has 0 spiro atoms. The molecule has 2 fully saturated rings. The second-order valence-electron chi connectivity index (χ2n) is 9.31. The largest absolute Gasteiger partial charge is 0.453 e. The van der Waals surface area contributed by atoms with Crippen LogP contribution < -0.4 is 10.1 Å². The average Bonchev–Trinajstić information content (AvgIpc) is 3.64. The van der Waals surface area contributed by atoms with E-state index < -0.39 is 11.8 Å². The summed E-state index contributed by atoms with van der Waals surface area (Å²) in [6.07, 6.45) is 8.47. The predicted molar refractivity (Wildman–Crippen MR) is 142 cm³/mol. The fraction of sp³-hybridized carbons (Fsp3) is 0.308. The molecule has 1 aromatic carbocycles. The number of imidazole rings is 1. The number of halogens is 1. The standard InChI is InChI=1S/C26H26FN7O3S/c1-31-15-20(29-16-31)23-14-19-24(38-23)22(7-8-28-19)37-21-6-5-17(13-18(21)27)30-25(35)33-11-12-34(26(33)36)32-9-3-2-4-10-32/h5-8,13-16H,2-4,9-12H2,1H3,(H,30,35). The molecule has 2 aliphatic rings. The van der Waals surface area contributed by atoms with E-state index in [1.807, 2.05) is 28.9 Å². The molecule has 38 heavy (non-hydrogen) atoms. The number of carbonyl (C=O) groups excluding carboxylic acids is 2. The van der Waals surface area contributed by atoms with Gasteiger partial charge in [-0.3, -0.25) is 9.99 Å². The number of ether oxygens (including phenoxy) is 1. The molecule has 0 unspecified atom stereocenters. The molecule has 0 aliphatic carbocycles. The summed E-state index contributed by atoms with van der Waals surface area (Å²) < 4.78 is 23.6. The number of carbonyl (C=O) groups is 2. The molecule has 3 aromatic heterocycles. The Labute approximate surface area is 222 Å². The van der Waals surface area contributed by atoms with Gasteiger partial charge in [-0.15, -0.1) is 11.3 Å². The molecule has 4 aromatic rings. The molecule has 10 nitrogen and oxygen atoms in total. The van der Waals surface area contributed by atoms with Gasteiger partial charge in [0, 0.05) is 50.4 Å². The van der Waals surface area contributed by atoms with Crippen LogP contribution in [0.15, 0.2) is 49.1 Å². The van der Waals surface area contributed by atoms with Gasteiger partial charge in [0.05, 0.1) is 40.2 Å². The van der Waals surface area contributed by atoms with Crippen LogP contribution >= 0.6 is 11.3 Å². The lowest BCUT2D eigenvalue weighted by Gasteiger charge is -2.34. The molecule has 5 heterocycles. The molecular formula is C26H26FN7O3S. The van der Waals surface area contributed by atoms with Crippen LogP contribution in [0.2, 0.25) is 0 Å². The molecule has 0 saturated carbocycles. The Balaban J connectivity index is 1.15. The van der Waals surface area contributed by atoms with Crippen molar-refractivity contribution in [3.63, 3.8) is 0 Å². The van der Waals surface area contributed by atoms with Gasteiger partial charge in [0.25, 0.3) is 0 Å². The van der Waals surface area contributed by atoms with E-state index in [-0.39, 0.29) is 24.0 Å². The van der Waals surface area contributed by atoms with Crippen LogP contribution in [-0.2, 0) is 7.05 Å². The van der Waals surface area contributed by atoms with Crippen molar-refractivity contribution in [3.8, 4) is 22.1 Å². The number of benzene rings is 1. The molecular weight excluding hydrogens is 509 g/mol. The number of anilines is 1. The number of piperidine rings is 1. The number of aromatic nitrogens is 3. The second-order valence-corrected chi connectivity index (χ2v) is 10.4. The number of amides is 4. The van der Waals surface area contributed by atoms with E-state index in [2.05, 4.69) is 15.3 Å². The topological polar surface area (TPSA) is 95.8 Å². The summed E-state index contributed by atoms with van der Waals surface area (Å²) in [5.74, 6) is -0.160. The number of fused-ring (bicyclic) bond motifs is 1. The van der Waals surface area contributed by atoms with Crippen LogP contribution in [0.1, 0.15) is 19.3 Å². The third-order valence-corrected chi connectivity index (χ3v) is 7.80. The molecule has 0 atom stereocenters. The van der Waals surface area contributed by atoms with Crippen LogP contribution in [0.5, 0.6) is 11.5 Å². The maximum Gasteiger partial charge on any atom is 0.342 e. The Bertz CT molecular complexity index is 1510. The van der Waals surface area contributed by atoms with Crippen molar-refractivity contribution < 1.29 is 18.7 Å². The fourth-order valence-electron chi connectivity index (χ4n) is 4.73. The highest BCUT2D eigenvalue weighted by atomic mass is 32.1. The minimum absolute atomic E-state index is 0.0109. The molecule has 196 valence electrons. The Hall–Kier alpha value is -4.03. The second kappa shape index (κ2) is 10.0. The maximum atomic E-state index is 15.0. The van der Waals surface area contributed by atoms with Crippen molar-refractivity contribution in [3.05, 3.63) is 54.9 Å². The lowest BCUT2D eigenvalue weighted by atomic mass is 10.2. The van der Waals surface area contributed by atoms with Crippen molar-refractivity contribution in [2.45, 2.75) is 19.3 Å². The summed E-state index contributed by atoms with van der Waals surface area (Å²) >= 11 is 1.46. The third-order valence-electron chi connectivity index (χ3n) is 6.64. The lowest BCUT2D eigenvalue weighted by Crippen LogP contribution is -2.48. The molecule has 12 heteroatoms. The molecule has 0 radical (unpaired) electrons. The summed E-state index contributed by atoms with van der Waals surface area (Å²) in [6.45, 7) is 2.36. The molecule has 2 aliphatic heterocycles. The average molecular weight is 536 g/mol. The Kier molecular flexibility index (Phi) is 6.42. The quantitative estimate of drug-likeness (QED) is 0.373. The molecule has 4 amide bonds. The van der Waals surface area contributed by atoms with Crippen LogP contribution in [0.4, 0.5) is 19.7 Å². The molecule has 1 N–H and O–H groups in total. The van der Waals surface area contributed by atoms with E-state index in [4.69, 9.17) is 4.74 Å². The summed E-state index contributed by atoms with van der Waals surface area (Å²) in [5, 5.41) is 6.27. The van der Waals surface area contributed by atoms with Crippen molar-refractivity contribution >= 4 is 39.3 Å². The van der Waals surface area contributed by atoms with E-state index in [0.29, 0.717) is 12.3 Å². The fourth-order valence-corrected chi connectivity index (χ4v) is 5.75. The van der Waals surface area contributed by atoms with Gasteiger partial charge in [0.15, 0.2) is 11.6 Å². The van der Waals surface area contributed by atoms with Crippen LogP contribution in [-0.4, -0.2) is 67.7 Å². The van der Waals surface area contributed by atoms with Crippen molar-refractivity contribution in [2.75, 3.05) is 31.5 Å². The Morgan fingerprint density at radius 3 is 2.66 bits per heavy atom. The monoisotopic (exact) mass is 535 g/mol. The Morgan fingerprint density at radius 2 is 1.89 bits per heavy atom. The zero-order chi connectivity index (χ0) is 26.2. The number of hydrazine groups is 1. The van der Waals surface area contributed by atoms with Gasteiger partial charge in [-0.25, -0.2) is 28.9 Å². The van der Waals surface area contributed by atoms with Gasteiger partial charge in [0.2, 0.25) is 0 Å². The van der Waals surface area contributed by atoms with E-state index >= 15 is 4.39 Å². The molecule has 6 rings (SSSR count). The number of nitrogens with zero attached hydrogens (tertiary/aromatic N) is 6. The van der Waals surface area contributed by atoms with Gasteiger partial charge < -0.3 is 14.6 Å². The minimum atomic E-state index is -0.642. The number of hydrogen-bond acceptors (Lipinski definition) is 7. The number of hydrogen-bond donors (Lipinski definition) is 1. The number of urea groups is 2. The Morgan fingerprint density at radius 1 is 1.05 bits per heavy atom. The van der Waals surface area contributed by atoms with Crippen molar-refractivity contribution in [2.24, 2.45) is 7.05 Å². The number of thiophene rings is 1. The predicted octanol–water partition coefficient (Wildman–Crippen LogP) is 5.30. The van der Waals surface area contributed by atoms with Gasteiger partial charge in [0.1, 0.15) is 5.75 Å². The summed E-state index contributed by atoms with van der Waals surface area (Å²) in [7, 11) is 1.90. The molecule has 0 bridgehead atoms. The number of nitrogens with one attached hydrogen (secondary N) is 1. The number of pyridine rings is 1. The van der Waals surface area contributed by atoms with Crippen LogP contribution in [0.25, 0.3) is 20.8 Å². The smallest absolute Gasteiger partial charge is 0.342 e. The minimum Gasteiger partial charge on any atom is -0.453 e. The van der Waals surface area contributed by atoms with Gasteiger partial charge in [-0.2, -0.15) is 0 Å². The first kappa shape index (κ1) is 24.3. The first-order chi connectivity index (χ1) is 18.5. The highest BCUT2D eigenvalue weighted by molar-refractivity contribution is 7.22. The van der Waals surface area contributed by atoms with Crippen molar-refractivity contribution in [1.82, 2.24) is 29.5 Å². The van der Waals surface area contributed by atoms with E-state index in [1.54, 1.807) is 29.7 Å². The van der Waals surface area contributed by atoms with E-state index in [0.717, 1.165) is 58.0 Å². The highest BCUT2D eigenvalue weighted by Crippen LogP contribution is 2.39. The normalized spacial score (nSPS) is 16.4. The summed E-state index contributed by atoms with van der Waals surface area (Å²) in [4.78, 5) is 36.5. The van der Waals surface area contributed by atoms with E-state index in [9.17, 15) is 9.59 Å². The number of rotatable bonds is 5. The number of imide groups is 1. The van der Waals surface area contributed by atoms with Gasteiger partial charge in [-0.1, -0.05) is 6.42 Å². The summed E-state index contributed by atoms with van der Waals surface area (Å²) in [6, 6.07) is 6.86. The number of aryl methyl sites for hydroxylation is 1. The van der Waals surface area contributed by atoms with Gasteiger partial charge in [-0.05, 0) is 31.0 Å². The first-order valence-electron chi connectivity index (χ1n) is 12.5. The van der Waals surface area contributed by atoms with E-state index in [1.165, 1.54) is 23.5 Å². The SMILES string of the molecule is Cn1cnc(-c2cc3nccc(Oc4ccc(NC(=O)N5CCN(N6CCCCC6)C5=O)cc4F)c3s2)c1. The first-order valence-corrected chi connectivity index (χ1v) is 13.3. The van der Waals surface area contributed by atoms with Crippen LogP contribution in [0, 0.1) is 5.82 Å². The lowest BCUT2D eigenvalue weighted by molar-refractivity contribution is 0.0133. The highest BCUT2D eigenvalue weighted by Gasteiger charge is 2.37. The van der Waals surface area contributed by atoms with Gasteiger partial charge >= 0.3 is 12.1 Å². The maximum absolute atomic E-state index is 15.0. The zero-order valence-corrected chi connectivity index (χ0v) is 21.6. The zero-order valence-electron chi connectivity index (χ0n) is 20.8.